The molecule has 3 aliphatic heterocycles. The van der Waals surface area contributed by atoms with Crippen LogP contribution >= 0.6 is 0 Å². The Balaban J connectivity index is 1.61. The van der Waals surface area contributed by atoms with Crippen LogP contribution in [0.4, 0.5) is 0 Å². The number of likely N-dealkylation sites (tertiary alicyclic amines) is 1. The average Bonchev–Trinajstić information content (AvgIpc) is 3.21. The van der Waals surface area contributed by atoms with E-state index in [0.29, 0.717) is 0 Å². The number of nitrogens with zero attached hydrogens (tertiary/aromatic N) is 1. The van der Waals surface area contributed by atoms with Gasteiger partial charge < -0.3 is 9.47 Å². The van der Waals surface area contributed by atoms with Crippen molar-refractivity contribution in [2.75, 3.05) is 6.61 Å². The third-order valence-electron chi connectivity index (χ3n) is 4.93. The maximum atomic E-state index is 12.9. The molecule has 2 saturated heterocycles. The molecule has 0 N–H and O–H groups in total. The first-order valence-corrected chi connectivity index (χ1v) is 7.91. The Bertz CT molecular complexity index is 743. The Morgan fingerprint density at radius 2 is 2.00 bits per heavy atom. The first-order chi connectivity index (χ1) is 11.5. The zero-order valence-electron chi connectivity index (χ0n) is 13.2. The summed E-state index contributed by atoms with van der Waals surface area (Å²) in [7, 11) is 0. The fraction of sp³-hybridized carbons (Fsp3) is 0.389. The van der Waals surface area contributed by atoms with Gasteiger partial charge in [-0.05, 0) is 11.6 Å². The number of amides is 2. The SMILES string of the molecule is CC(=O)OC[C@@]12C=C[C@@H](O1)[C@@H]1C(=O)N(Cc3ccccc3)C(=O)[C@@H]12. The molecular weight excluding hydrogens is 310 g/mol. The van der Waals surface area contributed by atoms with Crippen molar-refractivity contribution >= 4 is 17.8 Å². The maximum absolute atomic E-state index is 12.9. The number of ether oxygens (including phenoxy) is 2. The summed E-state index contributed by atoms with van der Waals surface area (Å²) >= 11 is 0. The van der Waals surface area contributed by atoms with Gasteiger partial charge in [0.15, 0.2) is 0 Å². The predicted octanol–water partition coefficient (Wildman–Crippen LogP) is 1.06. The second kappa shape index (κ2) is 5.27. The molecule has 1 aromatic rings. The zero-order valence-corrected chi connectivity index (χ0v) is 13.2. The van der Waals surface area contributed by atoms with Crippen molar-refractivity contribution in [1.29, 1.82) is 0 Å². The van der Waals surface area contributed by atoms with Crippen LogP contribution in [-0.4, -0.2) is 41.0 Å². The van der Waals surface area contributed by atoms with Gasteiger partial charge in [0.25, 0.3) is 0 Å². The number of hydrogen-bond acceptors (Lipinski definition) is 5. The molecule has 6 heteroatoms. The number of esters is 1. The third kappa shape index (κ3) is 2.10. The number of fused-ring (bicyclic) bond motifs is 5. The van der Waals surface area contributed by atoms with Crippen LogP contribution in [0, 0.1) is 11.8 Å². The van der Waals surface area contributed by atoms with E-state index in [1.54, 1.807) is 12.2 Å². The Morgan fingerprint density at radius 3 is 2.71 bits per heavy atom. The monoisotopic (exact) mass is 327 g/mol. The fourth-order valence-corrected chi connectivity index (χ4v) is 3.86. The summed E-state index contributed by atoms with van der Waals surface area (Å²) in [5.41, 5.74) is -0.117. The molecule has 0 radical (unpaired) electrons. The van der Waals surface area contributed by atoms with E-state index in [0.717, 1.165) is 5.56 Å². The third-order valence-corrected chi connectivity index (χ3v) is 4.93. The molecule has 4 rings (SSSR count). The minimum absolute atomic E-state index is 0.0469. The molecule has 24 heavy (non-hydrogen) atoms. The van der Waals surface area contributed by atoms with E-state index in [9.17, 15) is 14.4 Å². The van der Waals surface area contributed by atoms with E-state index in [-0.39, 0.29) is 25.0 Å². The normalized spacial score (nSPS) is 33.2. The van der Waals surface area contributed by atoms with Gasteiger partial charge in [-0.3, -0.25) is 19.3 Å². The summed E-state index contributed by atoms with van der Waals surface area (Å²) in [5.74, 6) is -2.06. The summed E-state index contributed by atoms with van der Waals surface area (Å²) in [5, 5.41) is 0. The van der Waals surface area contributed by atoms with Gasteiger partial charge >= 0.3 is 5.97 Å². The second-order valence-corrected chi connectivity index (χ2v) is 6.43. The summed E-state index contributed by atoms with van der Waals surface area (Å²) in [6, 6.07) is 9.40. The Morgan fingerprint density at radius 1 is 1.25 bits per heavy atom. The predicted molar refractivity (Wildman–Crippen MR) is 82.4 cm³/mol. The van der Waals surface area contributed by atoms with Crippen LogP contribution in [0.15, 0.2) is 42.5 Å². The number of hydrogen-bond donors (Lipinski definition) is 0. The van der Waals surface area contributed by atoms with E-state index in [4.69, 9.17) is 9.47 Å². The molecule has 0 unspecified atom stereocenters. The zero-order chi connectivity index (χ0) is 16.9. The summed E-state index contributed by atoms with van der Waals surface area (Å²) < 4.78 is 11.0. The van der Waals surface area contributed by atoms with Crippen molar-refractivity contribution in [2.24, 2.45) is 11.8 Å². The molecule has 3 heterocycles. The van der Waals surface area contributed by atoms with Crippen LogP contribution in [0.25, 0.3) is 0 Å². The van der Waals surface area contributed by atoms with Gasteiger partial charge in [-0.15, -0.1) is 0 Å². The van der Waals surface area contributed by atoms with E-state index >= 15 is 0 Å². The fourth-order valence-electron chi connectivity index (χ4n) is 3.86. The molecule has 124 valence electrons. The van der Waals surface area contributed by atoms with Crippen LogP contribution in [0.1, 0.15) is 12.5 Å². The van der Waals surface area contributed by atoms with E-state index in [2.05, 4.69) is 0 Å². The lowest BCUT2D eigenvalue weighted by Gasteiger charge is -2.28. The minimum Gasteiger partial charge on any atom is -0.462 e. The van der Waals surface area contributed by atoms with Crippen LogP contribution < -0.4 is 0 Å². The van der Waals surface area contributed by atoms with E-state index < -0.39 is 29.5 Å². The van der Waals surface area contributed by atoms with Crippen LogP contribution in [-0.2, 0) is 30.4 Å². The first-order valence-electron chi connectivity index (χ1n) is 7.91. The quantitative estimate of drug-likeness (QED) is 0.470. The average molecular weight is 327 g/mol. The standard InChI is InChI=1S/C18H17NO5/c1-11(20)23-10-18-8-7-13(24-18)14-15(18)17(22)19(16(14)21)9-12-5-3-2-4-6-12/h2-8,13-15H,9-10H2,1H3/t13-,14+,15-,18-/m1/s1. The molecule has 0 aliphatic carbocycles. The number of rotatable bonds is 4. The molecule has 0 spiro atoms. The molecule has 4 atom stereocenters. The highest BCUT2D eigenvalue weighted by molar-refractivity contribution is 6.07. The summed E-state index contributed by atoms with van der Waals surface area (Å²) in [6.07, 6.45) is 3.13. The van der Waals surface area contributed by atoms with Gasteiger partial charge in [0.2, 0.25) is 11.8 Å². The molecule has 0 saturated carbocycles. The molecule has 6 nitrogen and oxygen atoms in total. The van der Waals surface area contributed by atoms with Crippen molar-refractivity contribution < 1.29 is 23.9 Å². The van der Waals surface area contributed by atoms with E-state index in [1.807, 2.05) is 30.3 Å². The Hall–Kier alpha value is -2.47. The largest absolute Gasteiger partial charge is 0.462 e. The topological polar surface area (TPSA) is 72.9 Å². The Labute approximate surface area is 139 Å². The van der Waals surface area contributed by atoms with Crippen LogP contribution in [0.3, 0.4) is 0 Å². The second-order valence-electron chi connectivity index (χ2n) is 6.43. The van der Waals surface area contributed by atoms with Gasteiger partial charge in [0, 0.05) is 6.92 Å². The smallest absolute Gasteiger partial charge is 0.302 e. The highest BCUT2D eigenvalue weighted by Crippen LogP contribution is 2.52. The molecule has 1 aromatic carbocycles. The van der Waals surface area contributed by atoms with Crippen molar-refractivity contribution in [2.45, 2.75) is 25.2 Å². The molecule has 2 fully saturated rings. The summed E-state index contributed by atoms with van der Waals surface area (Å²) in [6.45, 7) is 1.51. The van der Waals surface area contributed by atoms with E-state index in [1.165, 1.54) is 11.8 Å². The van der Waals surface area contributed by atoms with Gasteiger partial charge in [-0.1, -0.05) is 36.4 Å². The number of carbonyl (C=O) groups excluding carboxylic acids is 3. The summed E-state index contributed by atoms with van der Waals surface area (Å²) in [4.78, 5) is 38.1. The number of imide groups is 1. The lowest BCUT2D eigenvalue weighted by molar-refractivity contribution is -0.155. The first kappa shape index (κ1) is 15.1. The molecule has 0 aromatic heterocycles. The van der Waals surface area contributed by atoms with Crippen molar-refractivity contribution in [3.05, 3.63) is 48.0 Å². The van der Waals surface area contributed by atoms with Gasteiger partial charge in [-0.25, -0.2) is 0 Å². The Kier molecular flexibility index (Phi) is 3.31. The number of carbonyl (C=O) groups is 3. The highest BCUT2D eigenvalue weighted by Gasteiger charge is 2.67. The van der Waals surface area contributed by atoms with Gasteiger partial charge in [0.1, 0.15) is 12.2 Å². The van der Waals surface area contributed by atoms with Crippen molar-refractivity contribution in [1.82, 2.24) is 4.90 Å². The lowest BCUT2D eigenvalue weighted by atomic mass is 9.77. The highest BCUT2D eigenvalue weighted by atomic mass is 16.6. The van der Waals surface area contributed by atoms with Gasteiger partial charge in [0.05, 0.1) is 24.5 Å². The molecule has 2 bridgehead atoms. The lowest BCUT2D eigenvalue weighted by Crippen LogP contribution is -2.44. The molecular formula is C18H17NO5. The molecule has 3 aliphatic rings. The van der Waals surface area contributed by atoms with Crippen molar-refractivity contribution in [3.63, 3.8) is 0 Å². The maximum Gasteiger partial charge on any atom is 0.302 e. The van der Waals surface area contributed by atoms with Crippen LogP contribution in [0.5, 0.6) is 0 Å². The number of benzene rings is 1. The van der Waals surface area contributed by atoms with Gasteiger partial charge in [-0.2, -0.15) is 0 Å². The minimum atomic E-state index is -1.01. The van der Waals surface area contributed by atoms with Crippen LogP contribution in [0.2, 0.25) is 0 Å². The van der Waals surface area contributed by atoms with Crippen molar-refractivity contribution in [3.8, 4) is 0 Å². The molecule has 2 amide bonds.